The van der Waals surface area contributed by atoms with Gasteiger partial charge in [-0.15, -0.1) is 0 Å². The molecule has 0 N–H and O–H groups in total. The fourth-order valence-corrected chi connectivity index (χ4v) is 3.37. The summed E-state index contributed by atoms with van der Waals surface area (Å²) in [6, 6.07) is 18.0. The summed E-state index contributed by atoms with van der Waals surface area (Å²) in [7, 11) is 0. The van der Waals surface area contributed by atoms with Crippen molar-refractivity contribution in [2.24, 2.45) is 0 Å². The smallest absolute Gasteiger partial charge is 0.0861 e. The Hall–Kier alpha value is -3.37. The topological polar surface area (TPSA) is 41.9 Å². The van der Waals surface area contributed by atoms with E-state index in [2.05, 4.69) is 40.5 Å². The summed E-state index contributed by atoms with van der Waals surface area (Å²) >= 11 is 0. The van der Waals surface area contributed by atoms with Crippen molar-refractivity contribution in [2.45, 2.75) is 32.5 Å². The maximum Gasteiger partial charge on any atom is 0.0861 e. The Morgan fingerprint density at radius 2 is 1.43 bits per heavy atom. The molecule has 152 valence electrons. The minimum absolute atomic E-state index is 0.547. The average molecular weight is 397 g/mol. The third-order valence-electron chi connectivity index (χ3n) is 5.18. The van der Waals surface area contributed by atoms with E-state index in [1.165, 1.54) is 0 Å². The molecule has 4 heteroatoms. The van der Waals surface area contributed by atoms with Crippen molar-refractivity contribution < 1.29 is 0 Å². The van der Waals surface area contributed by atoms with Crippen LogP contribution in [0, 0.1) is 0 Å². The summed E-state index contributed by atoms with van der Waals surface area (Å²) in [5.41, 5.74) is 3.31. The number of nitrogens with zero attached hydrogens (tertiary/aromatic N) is 4. The number of pyridine rings is 3. The van der Waals surface area contributed by atoms with Gasteiger partial charge in [0.15, 0.2) is 0 Å². The van der Waals surface area contributed by atoms with Gasteiger partial charge >= 0.3 is 0 Å². The number of aromatic nitrogens is 3. The van der Waals surface area contributed by atoms with Crippen molar-refractivity contribution in [1.82, 2.24) is 19.9 Å². The Morgan fingerprint density at radius 3 is 1.90 bits per heavy atom. The Balaban J connectivity index is 2.08. The van der Waals surface area contributed by atoms with Gasteiger partial charge in [-0.05, 0) is 55.8 Å². The molecule has 0 saturated carbocycles. The standard InChI is InChI=1S/C26H28N4/c1-4-5-6-13-22(2)26(3,25-16-9-12-19-29-25)30(20-23-14-7-10-17-27-23)21-24-15-8-11-18-28-24/h4-19H,2,20-21H2,1,3H3/b5-4-,13-6-. The van der Waals surface area contributed by atoms with E-state index < -0.39 is 5.54 Å². The van der Waals surface area contributed by atoms with Crippen molar-refractivity contribution in [3.05, 3.63) is 127 Å². The Morgan fingerprint density at radius 1 is 0.867 bits per heavy atom. The summed E-state index contributed by atoms with van der Waals surface area (Å²) in [5, 5.41) is 0. The van der Waals surface area contributed by atoms with Crippen molar-refractivity contribution >= 4 is 0 Å². The second kappa shape index (κ2) is 10.4. The monoisotopic (exact) mass is 396 g/mol. The largest absolute Gasteiger partial charge is 0.277 e. The minimum atomic E-state index is -0.547. The first-order valence-electron chi connectivity index (χ1n) is 10.1. The molecule has 4 nitrogen and oxygen atoms in total. The molecule has 0 spiro atoms. The van der Waals surface area contributed by atoms with Gasteiger partial charge < -0.3 is 0 Å². The molecule has 30 heavy (non-hydrogen) atoms. The first-order valence-corrected chi connectivity index (χ1v) is 10.1. The highest BCUT2D eigenvalue weighted by atomic mass is 15.2. The molecule has 3 aromatic rings. The number of hydrogen-bond acceptors (Lipinski definition) is 4. The van der Waals surface area contributed by atoms with E-state index in [-0.39, 0.29) is 0 Å². The number of allylic oxidation sites excluding steroid dienone is 3. The molecule has 0 radical (unpaired) electrons. The van der Waals surface area contributed by atoms with Crippen molar-refractivity contribution in [3.8, 4) is 0 Å². The molecule has 0 aliphatic rings. The lowest BCUT2D eigenvalue weighted by Gasteiger charge is -2.41. The predicted octanol–water partition coefficient (Wildman–Crippen LogP) is 5.48. The zero-order valence-electron chi connectivity index (χ0n) is 17.6. The van der Waals surface area contributed by atoms with Gasteiger partial charge in [0.25, 0.3) is 0 Å². The first kappa shape index (κ1) is 21.3. The van der Waals surface area contributed by atoms with Crippen LogP contribution in [0.1, 0.15) is 30.9 Å². The quantitative estimate of drug-likeness (QED) is 0.449. The van der Waals surface area contributed by atoms with Crippen LogP contribution in [0.15, 0.2) is 110 Å². The zero-order valence-corrected chi connectivity index (χ0v) is 17.6. The third-order valence-corrected chi connectivity index (χ3v) is 5.18. The highest BCUT2D eigenvalue weighted by Crippen LogP contribution is 2.36. The van der Waals surface area contributed by atoms with Crippen molar-refractivity contribution in [1.29, 1.82) is 0 Å². The lowest BCUT2D eigenvalue weighted by molar-refractivity contribution is 0.112. The maximum atomic E-state index is 4.71. The second-order valence-electron chi connectivity index (χ2n) is 7.20. The van der Waals surface area contributed by atoms with Crippen LogP contribution in [0.25, 0.3) is 0 Å². The summed E-state index contributed by atoms with van der Waals surface area (Å²) in [6.45, 7) is 9.89. The zero-order chi connectivity index (χ0) is 21.2. The molecule has 0 bridgehead atoms. The van der Waals surface area contributed by atoms with Gasteiger partial charge in [0.1, 0.15) is 0 Å². The van der Waals surface area contributed by atoms with Crippen LogP contribution in [0.5, 0.6) is 0 Å². The van der Waals surface area contributed by atoms with Crippen LogP contribution in [0.4, 0.5) is 0 Å². The summed E-state index contributed by atoms with van der Waals surface area (Å²) in [6.07, 6.45) is 13.6. The molecule has 0 aromatic carbocycles. The predicted molar refractivity (Wildman–Crippen MR) is 122 cm³/mol. The Bertz CT molecular complexity index is 940. The van der Waals surface area contributed by atoms with Gasteiger partial charge in [0.2, 0.25) is 0 Å². The van der Waals surface area contributed by atoms with E-state index in [0.29, 0.717) is 13.1 Å². The lowest BCUT2D eigenvalue weighted by atomic mass is 9.85. The molecule has 0 aliphatic carbocycles. The molecule has 0 amide bonds. The SMILES string of the molecule is C=C(/C=C\C=C/C)C(C)(c1ccccn1)N(Cc1ccccn1)Cc1ccccn1. The van der Waals surface area contributed by atoms with Crippen LogP contribution >= 0.6 is 0 Å². The third kappa shape index (κ3) is 5.16. The highest BCUT2D eigenvalue weighted by molar-refractivity contribution is 5.36. The second-order valence-corrected chi connectivity index (χ2v) is 7.20. The van der Waals surface area contributed by atoms with E-state index in [1.54, 1.807) is 0 Å². The Labute approximate surface area is 179 Å². The molecule has 1 unspecified atom stereocenters. The van der Waals surface area contributed by atoms with Crippen LogP contribution in [-0.2, 0) is 18.6 Å². The minimum Gasteiger partial charge on any atom is -0.277 e. The van der Waals surface area contributed by atoms with Gasteiger partial charge in [-0.2, -0.15) is 0 Å². The number of hydrogen-bond donors (Lipinski definition) is 0. The molecule has 3 heterocycles. The maximum absolute atomic E-state index is 4.71. The molecule has 0 aliphatic heterocycles. The molecule has 1 atom stereocenters. The van der Waals surface area contributed by atoms with Gasteiger partial charge in [-0.25, -0.2) is 0 Å². The fourth-order valence-electron chi connectivity index (χ4n) is 3.37. The van der Waals surface area contributed by atoms with E-state index in [4.69, 9.17) is 4.98 Å². The van der Waals surface area contributed by atoms with E-state index in [9.17, 15) is 0 Å². The molecule has 3 rings (SSSR count). The van der Waals surface area contributed by atoms with Gasteiger partial charge in [-0.1, -0.05) is 49.1 Å². The first-order chi connectivity index (χ1) is 14.6. The van der Waals surface area contributed by atoms with Crippen LogP contribution < -0.4 is 0 Å². The highest BCUT2D eigenvalue weighted by Gasteiger charge is 2.37. The average Bonchev–Trinajstić information content (AvgIpc) is 2.80. The van der Waals surface area contributed by atoms with Gasteiger partial charge in [-0.3, -0.25) is 19.9 Å². The van der Waals surface area contributed by atoms with E-state index in [1.807, 2.05) is 92.3 Å². The van der Waals surface area contributed by atoms with Crippen LogP contribution in [0.3, 0.4) is 0 Å². The normalized spacial score (nSPS) is 13.7. The molecular formula is C26H28N4. The van der Waals surface area contributed by atoms with Gasteiger partial charge in [0, 0.05) is 31.7 Å². The van der Waals surface area contributed by atoms with Crippen LogP contribution in [0.2, 0.25) is 0 Å². The summed E-state index contributed by atoms with van der Waals surface area (Å²) in [4.78, 5) is 16.2. The summed E-state index contributed by atoms with van der Waals surface area (Å²) < 4.78 is 0. The van der Waals surface area contributed by atoms with Crippen molar-refractivity contribution in [2.75, 3.05) is 0 Å². The van der Waals surface area contributed by atoms with E-state index in [0.717, 1.165) is 22.7 Å². The van der Waals surface area contributed by atoms with Crippen molar-refractivity contribution in [3.63, 3.8) is 0 Å². The lowest BCUT2D eigenvalue weighted by Crippen LogP contribution is -2.45. The fraction of sp³-hybridized carbons (Fsp3) is 0.192. The summed E-state index contributed by atoms with van der Waals surface area (Å²) in [5.74, 6) is 0. The van der Waals surface area contributed by atoms with Crippen LogP contribution in [-0.4, -0.2) is 19.9 Å². The molecular weight excluding hydrogens is 368 g/mol. The molecule has 0 saturated heterocycles. The Kier molecular flexibility index (Phi) is 7.41. The van der Waals surface area contributed by atoms with Gasteiger partial charge in [0.05, 0.1) is 22.6 Å². The van der Waals surface area contributed by atoms with E-state index >= 15 is 0 Å². The number of rotatable bonds is 9. The molecule has 0 fully saturated rings. The molecule has 3 aromatic heterocycles.